The van der Waals surface area contributed by atoms with Gasteiger partial charge in [0.1, 0.15) is 34.4 Å². The predicted octanol–water partition coefficient (Wildman–Crippen LogP) is 2.26. The van der Waals surface area contributed by atoms with E-state index in [2.05, 4.69) is 20.8 Å². The minimum Gasteiger partial charge on any atom is -0.386 e. The first-order valence-corrected chi connectivity index (χ1v) is 10.8. The van der Waals surface area contributed by atoms with Crippen LogP contribution < -0.4 is 5.73 Å². The Bertz CT molecular complexity index is 1110. The van der Waals surface area contributed by atoms with Crippen molar-refractivity contribution in [2.24, 2.45) is 10.7 Å². The Hall–Kier alpha value is -2.68. The maximum absolute atomic E-state index is 14.7. The van der Waals surface area contributed by atoms with Gasteiger partial charge in [0.25, 0.3) is 0 Å². The number of halogens is 2. The lowest BCUT2D eigenvalue weighted by atomic mass is 9.97. The van der Waals surface area contributed by atoms with Gasteiger partial charge in [-0.15, -0.1) is 0 Å². The molecule has 0 aromatic carbocycles. The second-order valence-corrected chi connectivity index (χ2v) is 10.8. The van der Waals surface area contributed by atoms with E-state index in [4.69, 9.17) is 5.73 Å². The van der Waals surface area contributed by atoms with Gasteiger partial charge in [-0.25, -0.2) is 8.78 Å². The molecule has 0 saturated heterocycles. The fourth-order valence-electron chi connectivity index (χ4n) is 3.13. The zero-order valence-electron chi connectivity index (χ0n) is 16.4. The van der Waals surface area contributed by atoms with Gasteiger partial charge >= 0.3 is 0 Å². The average Bonchev–Trinajstić information content (AvgIpc) is 2.62. The molecule has 1 aliphatic heterocycles. The molecule has 3 heterocycles. The molecule has 0 radical (unpaired) electrons. The fraction of sp³-hybridized carbons (Fsp3) is 0.350. The highest BCUT2D eigenvalue weighted by atomic mass is 32.2. The third-order valence-electron chi connectivity index (χ3n) is 5.20. The molecule has 6 nitrogen and oxygen atoms in total. The first kappa shape index (κ1) is 21.0. The Labute approximate surface area is 168 Å². The van der Waals surface area contributed by atoms with Crippen LogP contribution in [0.3, 0.4) is 0 Å². The standard InChI is InChI=1S/C20H22F2N4O2S/c1-19(2)18(23)26-20(3,11-29(19,4)28)17-14(22)7-6-13(25-17)9-16(27)15-8-5-12(21)10-24-15/h5-8,10H,4,9,11H2,1-3H3,(H2,23,26)/t20-,29?/m0/s1. The Kier molecular flexibility index (Phi) is 5.06. The number of hydrogen-bond acceptors (Lipinski definition) is 6. The van der Waals surface area contributed by atoms with Crippen LogP contribution in [0.25, 0.3) is 0 Å². The van der Waals surface area contributed by atoms with Gasteiger partial charge in [0.15, 0.2) is 5.78 Å². The molecule has 2 aromatic heterocycles. The third-order valence-corrected chi connectivity index (χ3v) is 8.29. The zero-order chi connectivity index (χ0) is 21.6. The van der Waals surface area contributed by atoms with Gasteiger partial charge in [-0.05, 0) is 60.4 Å². The Morgan fingerprint density at radius 1 is 1.24 bits per heavy atom. The van der Waals surface area contributed by atoms with E-state index in [1.165, 1.54) is 18.2 Å². The number of hydrogen-bond donors (Lipinski definition) is 1. The largest absolute Gasteiger partial charge is 0.386 e. The van der Waals surface area contributed by atoms with Gasteiger partial charge in [-0.2, -0.15) is 0 Å². The van der Waals surface area contributed by atoms with Crippen LogP contribution in [0.5, 0.6) is 0 Å². The van der Waals surface area contributed by atoms with Crippen molar-refractivity contribution in [2.75, 3.05) is 5.75 Å². The van der Waals surface area contributed by atoms with Crippen molar-refractivity contribution < 1.29 is 17.8 Å². The predicted molar refractivity (Wildman–Crippen MR) is 110 cm³/mol. The molecule has 0 spiro atoms. The summed E-state index contributed by atoms with van der Waals surface area (Å²) in [5.74, 6) is 2.32. The molecule has 0 aliphatic carbocycles. The van der Waals surface area contributed by atoms with Gasteiger partial charge in [-0.1, -0.05) is 0 Å². The molecular weight excluding hydrogens is 398 g/mol. The number of aromatic nitrogens is 2. The molecule has 3 rings (SSSR count). The van der Waals surface area contributed by atoms with Gasteiger partial charge < -0.3 is 5.73 Å². The van der Waals surface area contributed by atoms with E-state index in [9.17, 15) is 17.8 Å². The van der Waals surface area contributed by atoms with Crippen LogP contribution in [0.2, 0.25) is 0 Å². The monoisotopic (exact) mass is 420 g/mol. The van der Waals surface area contributed by atoms with E-state index in [1.54, 1.807) is 20.8 Å². The molecule has 0 amide bonds. The zero-order valence-corrected chi connectivity index (χ0v) is 17.2. The van der Waals surface area contributed by atoms with Crippen LogP contribution in [0.15, 0.2) is 35.5 Å². The van der Waals surface area contributed by atoms with Crippen LogP contribution >= 0.6 is 0 Å². The van der Waals surface area contributed by atoms with Crippen molar-refractivity contribution in [3.63, 3.8) is 0 Å². The molecule has 0 saturated carbocycles. The van der Waals surface area contributed by atoms with Gasteiger partial charge in [0, 0.05) is 11.4 Å². The Balaban J connectivity index is 1.98. The quantitative estimate of drug-likeness (QED) is 0.604. The number of aliphatic imine (C=N–C) groups is 1. The topological polar surface area (TPSA) is 98.3 Å². The first-order valence-electron chi connectivity index (χ1n) is 8.87. The number of carbonyl (C=O) groups excluding carboxylic acids is 1. The summed E-state index contributed by atoms with van der Waals surface area (Å²) in [6, 6.07) is 4.97. The van der Waals surface area contributed by atoms with E-state index in [0.717, 1.165) is 12.3 Å². The highest BCUT2D eigenvalue weighted by Crippen LogP contribution is 2.37. The van der Waals surface area contributed by atoms with Crippen LogP contribution in [0, 0.1) is 11.6 Å². The Morgan fingerprint density at radius 3 is 2.52 bits per heavy atom. The summed E-state index contributed by atoms with van der Waals surface area (Å²) >= 11 is 0. The maximum atomic E-state index is 14.7. The van der Waals surface area contributed by atoms with E-state index in [-0.39, 0.29) is 35.1 Å². The first-order chi connectivity index (χ1) is 13.4. The molecule has 0 bridgehead atoms. The smallest absolute Gasteiger partial charge is 0.187 e. The summed E-state index contributed by atoms with van der Waals surface area (Å²) in [4.78, 5) is 24.8. The lowest BCUT2D eigenvalue weighted by molar-refractivity contribution is 0.0987. The molecule has 154 valence electrons. The van der Waals surface area contributed by atoms with Crippen molar-refractivity contribution in [3.05, 3.63) is 59.2 Å². The molecule has 1 aliphatic rings. The molecule has 2 aromatic rings. The van der Waals surface area contributed by atoms with Crippen molar-refractivity contribution in [1.29, 1.82) is 0 Å². The summed E-state index contributed by atoms with van der Waals surface area (Å²) in [5, 5.41) is 0. The summed E-state index contributed by atoms with van der Waals surface area (Å²) in [5.41, 5.74) is 5.07. The molecular formula is C20H22F2N4O2S. The third kappa shape index (κ3) is 3.78. The number of carbonyl (C=O) groups is 1. The number of pyridine rings is 2. The van der Waals surface area contributed by atoms with Crippen LogP contribution in [0.1, 0.15) is 42.6 Å². The van der Waals surface area contributed by atoms with Gasteiger partial charge in [0.2, 0.25) is 0 Å². The number of Topliss-reactive ketones (excluding diaryl/α,β-unsaturated/α-hetero) is 1. The van der Waals surface area contributed by atoms with Crippen LogP contribution in [-0.4, -0.2) is 42.2 Å². The van der Waals surface area contributed by atoms with Crippen LogP contribution in [-0.2, 0) is 21.5 Å². The minimum atomic E-state index is -2.74. The number of ketones is 1. The second kappa shape index (κ2) is 6.98. The molecule has 2 atom stereocenters. The lowest BCUT2D eigenvalue weighted by Crippen LogP contribution is -2.55. The SMILES string of the molecule is C=S1(=O)C[C@@](C)(c2nc(CC(=O)c3ccc(F)cn3)ccc2F)N=C(N)C1(C)C. The molecule has 0 fully saturated rings. The summed E-state index contributed by atoms with van der Waals surface area (Å²) < 4.78 is 39.8. The van der Waals surface area contributed by atoms with Crippen molar-refractivity contribution in [3.8, 4) is 0 Å². The van der Waals surface area contributed by atoms with E-state index >= 15 is 0 Å². The Morgan fingerprint density at radius 2 is 1.93 bits per heavy atom. The average molecular weight is 420 g/mol. The highest BCUT2D eigenvalue weighted by Gasteiger charge is 2.46. The van der Waals surface area contributed by atoms with Gasteiger partial charge in [-0.3, -0.25) is 24.0 Å². The van der Waals surface area contributed by atoms with Crippen molar-refractivity contribution >= 4 is 27.0 Å². The summed E-state index contributed by atoms with van der Waals surface area (Å²) in [7, 11) is -2.74. The highest BCUT2D eigenvalue weighted by molar-refractivity contribution is 8.02. The van der Waals surface area contributed by atoms with Crippen LogP contribution in [0.4, 0.5) is 8.78 Å². The van der Waals surface area contributed by atoms with Crippen molar-refractivity contribution in [1.82, 2.24) is 9.97 Å². The molecule has 9 heteroatoms. The number of nitrogens with zero attached hydrogens (tertiary/aromatic N) is 3. The normalized spacial score (nSPS) is 26.0. The minimum absolute atomic E-state index is 0.0332. The van der Waals surface area contributed by atoms with E-state index < -0.39 is 37.2 Å². The number of rotatable bonds is 4. The number of amidine groups is 1. The second-order valence-electron chi connectivity index (χ2n) is 7.83. The fourth-order valence-corrected chi connectivity index (χ4v) is 5.03. The maximum Gasteiger partial charge on any atom is 0.187 e. The summed E-state index contributed by atoms with van der Waals surface area (Å²) in [6.07, 6.45) is 0.788. The van der Waals surface area contributed by atoms with Gasteiger partial charge in [0.05, 0.1) is 17.4 Å². The number of nitrogens with two attached hydrogens (primary N) is 1. The van der Waals surface area contributed by atoms with E-state index in [1.807, 2.05) is 0 Å². The molecule has 2 N–H and O–H groups in total. The molecule has 1 unspecified atom stereocenters. The molecule has 29 heavy (non-hydrogen) atoms. The van der Waals surface area contributed by atoms with Crippen molar-refractivity contribution in [2.45, 2.75) is 37.5 Å². The van der Waals surface area contributed by atoms with E-state index in [0.29, 0.717) is 0 Å². The summed E-state index contributed by atoms with van der Waals surface area (Å²) in [6.45, 7) is 4.98. The lowest BCUT2D eigenvalue weighted by Gasteiger charge is -2.40.